The fourth-order valence-corrected chi connectivity index (χ4v) is 3.35. The molecule has 0 spiro atoms. The molecule has 2 aromatic carbocycles. The van der Waals surface area contributed by atoms with Gasteiger partial charge in [-0.3, -0.25) is 4.99 Å². The summed E-state index contributed by atoms with van der Waals surface area (Å²) in [6.45, 7) is 1.77. The molecule has 0 aliphatic carbocycles. The van der Waals surface area contributed by atoms with Crippen LogP contribution in [0.3, 0.4) is 0 Å². The Morgan fingerprint density at radius 3 is 2.36 bits per heavy atom. The molecular weight excluding hydrogens is 543 g/mol. The summed E-state index contributed by atoms with van der Waals surface area (Å²) in [7, 11) is 3.16. The minimum absolute atomic E-state index is 0. The standard InChI is InChI=1S/C23H27F2N5O2.HI/c1-15-11-16(2)30(29-15)20-8-6-5-7-17(20)13-27-23(26-3)28-14-18-12-19(31-4)9-10-21(18)32-22(24)25;/h5-12,22H,13-14H2,1-4H3,(H2,26,27,28);1H. The maximum atomic E-state index is 12.7. The average Bonchev–Trinajstić information content (AvgIpc) is 3.12. The summed E-state index contributed by atoms with van der Waals surface area (Å²) in [6, 6.07) is 14.7. The smallest absolute Gasteiger partial charge is 0.387 e. The molecule has 0 radical (unpaired) electrons. The number of aryl methyl sites for hydroxylation is 2. The van der Waals surface area contributed by atoms with Crippen molar-refractivity contribution in [3.8, 4) is 17.2 Å². The predicted octanol–water partition coefficient (Wildman–Crippen LogP) is 4.58. The van der Waals surface area contributed by atoms with Crippen molar-refractivity contribution < 1.29 is 18.3 Å². The zero-order valence-corrected chi connectivity index (χ0v) is 21.3. The quantitative estimate of drug-likeness (QED) is 0.235. The van der Waals surface area contributed by atoms with Gasteiger partial charge in [0, 0.05) is 31.4 Å². The normalized spacial score (nSPS) is 11.2. The van der Waals surface area contributed by atoms with E-state index >= 15 is 0 Å². The number of nitrogens with one attached hydrogen (secondary N) is 2. The Balaban J connectivity index is 0.00000385. The summed E-state index contributed by atoms with van der Waals surface area (Å²) < 4.78 is 37.2. The molecule has 0 fully saturated rings. The van der Waals surface area contributed by atoms with Crippen LogP contribution in [-0.4, -0.2) is 36.5 Å². The highest BCUT2D eigenvalue weighted by Crippen LogP contribution is 2.25. The van der Waals surface area contributed by atoms with Crippen LogP contribution in [0.15, 0.2) is 53.5 Å². The van der Waals surface area contributed by atoms with Gasteiger partial charge in [0.05, 0.1) is 18.5 Å². The lowest BCUT2D eigenvalue weighted by Crippen LogP contribution is -2.36. The van der Waals surface area contributed by atoms with Gasteiger partial charge < -0.3 is 20.1 Å². The third-order valence-electron chi connectivity index (χ3n) is 4.83. The maximum Gasteiger partial charge on any atom is 0.387 e. The number of ether oxygens (including phenoxy) is 2. The van der Waals surface area contributed by atoms with Gasteiger partial charge in [-0.1, -0.05) is 18.2 Å². The van der Waals surface area contributed by atoms with Crippen LogP contribution in [0.25, 0.3) is 5.69 Å². The topological polar surface area (TPSA) is 72.7 Å². The molecule has 7 nitrogen and oxygen atoms in total. The second-order valence-corrected chi connectivity index (χ2v) is 7.10. The molecule has 0 saturated heterocycles. The van der Waals surface area contributed by atoms with Crippen molar-refractivity contribution in [2.24, 2.45) is 4.99 Å². The Bertz CT molecular complexity index is 1090. The summed E-state index contributed by atoms with van der Waals surface area (Å²) in [5.41, 5.74) is 4.52. The molecule has 1 heterocycles. The molecule has 0 aliphatic heterocycles. The van der Waals surface area contributed by atoms with Crippen molar-refractivity contribution in [3.05, 3.63) is 71.0 Å². The molecule has 0 amide bonds. The number of para-hydroxylation sites is 1. The Kier molecular flexibility index (Phi) is 9.89. The third kappa shape index (κ3) is 7.04. The SMILES string of the molecule is CN=C(NCc1cc(OC)ccc1OC(F)F)NCc1ccccc1-n1nc(C)cc1C.I. The predicted molar refractivity (Wildman–Crippen MR) is 135 cm³/mol. The van der Waals surface area contributed by atoms with Crippen LogP contribution in [0.4, 0.5) is 8.78 Å². The molecule has 0 unspecified atom stereocenters. The number of halogens is 3. The van der Waals surface area contributed by atoms with E-state index in [2.05, 4.69) is 25.5 Å². The second kappa shape index (κ2) is 12.4. The van der Waals surface area contributed by atoms with Crippen molar-refractivity contribution in [2.75, 3.05) is 14.2 Å². The first-order chi connectivity index (χ1) is 15.4. The van der Waals surface area contributed by atoms with Gasteiger partial charge in [0.15, 0.2) is 5.96 Å². The molecule has 178 valence electrons. The number of aliphatic imine (C=N–C) groups is 1. The number of rotatable bonds is 8. The zero-order chi connectivity index (χ0) is 23.1. The van der Waals surface area contributed by atoms with E-state index in [1.807, 2.05) is 48.9 Å². The molecule has 0 saturated carbocycles. The molecular formula is C23H28F2IN5O2. The van der Waals surface area contributed by atoms with E-state index in [-0.39, 0.29) is 36.3 Å². The van der Waals surface area contributed by atoms with Crippen LogP contribution in [0.2, 0.25) is 0 Å². The molecule has 0 atom stereocenters. The van der Waals surface area contributed by atoms with Crippen LogP contribution in [0, 0.1) is 13.8 Å². The molecule has 2 N–H and O–H groups in total. The molecule has 3 aromatic rings. The highest BCUT2D eigenvalue weighted by atomic mass is 127. The Morgan fingerprint density at radius 2 is 1.76 bits per heavy atom. The van der Waals surface area contributed by atoms with E-state index in [1.54, 1.807) is 19.2 Å². The van der Waals surface area contributed by atoms with Crippen molar-refractivity contribution in [1.29, 1.82) is 0 Å². The first kappa shape index (κ1) is 26.4. The maximum absolute atomic E-state index is 12.7. The lowest BCUT2D eigenvalue weighted by atomic mass is 10.1. The summed E-state index contributed by atoms with van der Waals surface area (Å²) in [5, 5.41) is 11.0. The number of alkyl halides is 2. The Morgan fingerprint density at radius 1 is 1.06 bits per heavy atom. The second-order valence-electron chi connectivity index (χ2n) is 7.10. The van der Waals surface area contributed by atoms with Crippen LogP contribution in [0.5, 0.6) is 11.5 Å². The van der Waals surface area contributed by atoms with Crippen molar-refractivity contribution >= 4 is 29.9 Å². The van der Waals surface area contributed by atoms with Gasteiger partial charge in [0.2, 0.25) is 0 Å². The van der Waals surface area contributed by atoms with E-state index in [0.717, 1.165) is 22.6 Å². The number of hydrogen-bond acceptors (Lipinski definition) is 4. The van der Waals surface area contributed by atoms with Gasteiger partial charge in [0.1, 0.15) is 11.5 Å². The van der Waals surface area contributed by atoms with E-state index in [9.17, 15) is 8.78 Å². The minimum Gasteiger partial charge on any atom is -0.497 e. The molecule has 1 aromatic heterocycles. The highest BCUT2D eigenvalue weighted by molar-refractivity contribution is 14.0. The number of hydrogen-bond donors (Lipinski definition) is 2. The highest BCUT2D eigenvalue weighted by Gasteiger charge is 2.13. The van der Waals surface area contributed by atoms with E-state index in [1.165, 1.54) is 13.2 Å². The number of guanidine groups is 1. The van der Waals surface area contributed by atoms with Gasteiger partial charge in [0.25, 0.3) is 0 Å². The van der Waals surface area contributed by atoms with Gasteiger partial charge in [-0.05, 0) is 49.7 Å². The first-order valence-corrected chi connectivity index (χ1v) is 10.1. The Labute approximate surface area is 209 Å². The van der Waals surface area contributed by atoms with Gasteiger partial charge in [-0.15, -0.1) is 24.0 Å². The summed E-state index contributed by atoms with van der Waals surface area (Å²) in [5.74, 6) is 1.14. The minimum atomic E-state index is -2.91. The lowest BCUT2D eigenvalue weighted by molar-refractivity contribution is -0.0505. The van der Waals surface area contributed by atoms with Gasteiger partial charge >= 0.3 is 6.61 Å². The Hall–Kier alpha value is -2.89. The summed E-state index contributed by atoms with van der Waals surface area (Å²) >= 11 is 0. The van der Waals surface area contributed by atoms with E-state index < -0.39 is 6.61 Å². The van der Waals surface area contributed by atoms with Gasteiger partial charge in [-0.25, -0.2) is 4.68 Å². The van der Waals surface area contributed by atoms with Crippen LogP contribution in [-0.2, 0) is 13.1 Å². The molecule has 0 bridgehead atoms. The van der Waals surface area contributed by atoms with E-state index in [4.69, 9.17) is 4.74 Å². The molecule has 3 rings (SSSR count). The van der Waals surface area contributed by atoms with Crippen LogP contribution >= 0.6 is 24.0 Å². The number of methoxy groups -OCH3 is 1. The van der Waals surface area contributed by atoms with Crippen molar-refractivity contribution in [2.45, 2.75) is 33.5 Å². The largest absolute Gasteiger partial charge is 0.497 e. The fourth-order valence-electron chi connectivity index (χ4n) is 3.35. The monoisotopic (exact) mass is 571 g/mol. The fraction of sp³-hybridized carbons (Fsp3) is 0.304. The van der Waals surface area contributed by atoms with Crippen LogP contribution in [0.1, 0.15) is 22.5 Å². The van der Waals surface area contributed by atoms with Crippen molar-refractivity contribution in [3.63, 3.8) is 0 Å². The first-order valence-electron chi connectivity index (χ1n) is 10.1. The number of nitrogens with zero attached hydrogens (tertiary/aromatic N) is 3. The number of aromatic nitrogens is 2. The zero-order valence-electron chi connectivity index (χ0n) is 18.9. The molecule has 33 heavy (non-hydrogen) atoms. The number of benzene rings is 2. The average molecular weight is 571 g/mol. The summed E-state index contributed by atoms with van der Waals surface area (Å²) in [6.07, 6.45) is 0. The van der Waals surface area contributed by atoms with Gasteiger partial charge in [-0.2, -0.15) is 13.9 Å². The molecule has 0 aliphatic rings. The van der Waals surface area contributed by atoms with E-state index in [0.29, 0.717) is 23.8 Å². The third-order valence-corrected chi connectivity index (χ3v) is 4.83. The van der Waals surface area contributed by atoms with Crippen molar-refractivity contribution in [1.82, 2.24) is 20.4 Å². The summed E-state index contributed by atoms with van der Waals surface area (Å²) in [4.78, 5) is 4.23. The lowest BCUT2D eigenvalue weighted by Gasteiger charge is -2.17. The van der Waals surface area contributed by atoms with Crippen LogP contribution < -0.4 is 20.1 Å². The molecule has 10 heteroatoms.